The van der Waals surface area contributed by atoms with Gasteiger partial charge in [-0.1, -0.05) is 66.7 Å². The predicted octanol–water partition coefficient (Wildman–Crippen LogP) is 5.33. The lowest BCUT2D eigenvalue weighted by Crippen LogP contribution is -2.54. The van der Waals surface area contributed by atoms with Crippen molar-refractivity contribution in [3.63, 3.8) is 0 Å². The minimum absolute atomic E-state index is 0.0180. The third-order valence-electron chi connectivity index (χ3n) is 6.68. The highest BCUT2D eigenvalue weighted by Gasteiger charge is 2.33. The van der Waals surface area contributed by atoms with E-state index in [-0.39, 0.29) is 11.9 Å². The van der Waals surface area contributed by atoms with Crippen molar-refractivity contribution in [3.05, 3.63) is 102 Å². The maximum absolute atomic E-state index is 14.3. The molecule has 1 saturated heterocycles. The van der Waals surface area contributed by atoms with Crippen LogP contribution in [0.2, 0.25) is 0 Å². The van der Waals surface area contributed by atoms with Crippen molar-refractivity contribution in [2.75, 3.05) is 19.6 Å². The van der Waals surface area contributed by atoms with Crippen LogP contribution in [0.1, 0.15) is 28.7 Å². The molecule has 1 N–H and O–H groups in total. The first-order valence-electron chi connectivity index (χ1n) is 12.6. The van der Waals surface area contributed by atoms with Crippen LogP contribution in [0.25, 0.3) is 11.1 Å². The molecule has 0 spiro atoms. The minimum atomic E-state index is 0.0180. The van der Waals surface area contributed by atoms with E-state index in [1.807, 2.05) is 84.1 Å². The molecule has 1 aromatic heterocycles. The Labute approximate surface area is 212 Å². The Bertz CT molecular complexity index is 1320. The number of rotatable bonds is 7. The van der Waals surface area contributed by atoms with Crippen LogP contribution in [0.15, 0.2) is 84.9 Å². The molecule has 2 heterocycles. The zero-order valence-corrected chi connectivity index (χ0v) is 20.9. The van der Waals surface area contributed by atoms with Gasteiger partial charge in [-0.05, 0) is 44.0 Å². The van der Waals surface area contributed by atoms with E-state index in [1.165, 1.54) is 5.56 Å². The fourth-order valence-electron chi connectivity index (χ4n) is 4.96. The van der Waals surface area contributed by atoms with Gasteiger partial charge in [-0.2, -0.15) is 5.10 Å². The topological polar surface area (TPSA) is 59.4 Å². The van der Waals surface area contributed by atoms with Gasteiger partial charge in [0.15, 0.2) is 0 Å². The standard InChI is InChI=1S/C30H32N4O2/c1-3-34-29(30(35)33-19-18-31-21-24(33)20-23-12-6-4-7-13-23)28(22(2)32-34)26-16-10-11-17-27(26)36-25-14-8-5-9-15-25/h4-17,24,31H,3,18-21H2,1-2H3/t24-/m1/s1. The minimum Gasteiger partial charge on any atom is -0.457 e. The normalized spacial score (nSPS) is 15.6. The maximum Gasteiger partial charge on any atom is 0.273 e. The van der Waals surface area contributed by atoms with Gasteiger partial charge in [0.05, 0.1) is 5.69 Å². The summed E-state index contributed by atoms with van der Waals surface area (Å²) in [4.78, 5) is 16.3. The Kier molecular flexibility index (Phi) is 7.14. The number of hydrogen-bond donors (Lipinski definition) is 1. The number of carbonyl (C=O) groups excluding carboxylic acids is 1. The molecule has 36 heavy (non-hydrogen) atoms. The van der Waals surface area contributed by atoms with Gasteiger partial charge in [0.25, 0.3) is 5.91 Å². The number of nitrogens with zero attached hydrogens (tertiary/aromatic N) is 3. The first-order chi connectivity index (χ1) is 17.7. The average molecular weight is 481 g/mol. The second-order valence-corrected chi connectivity index (χ2v) is 9.08. The van der Waals surface area contributed by atoms with Gasteiger partial charge < -0.3 is 15.0 Å². The number of carbonyl (C=O) groups is 1. The van der Waals surface area contributed by atoms with Crippen LogP contribution < -0.4 is 10.1 Å². The van der Waals surface area contributed by atoms with E-state index >= 15 is 0 Å². The second kappa shape index (κ2) is 10.8. The molecule has 1 aliphatic rings. The summed E-state index contributed by atoms with van der Waals surface area (Å²) in [5, 5.41) is 8.25. The van der Waals surface area contributed by atoms with Crippen molar-refractivity contribution in [1.82, 2.24) is 20.0 Å². The van der Waals surface area contributed by atoms with E-state index < -0.39 is 0 Å². The molecule has 0 radical (unpaired) electrons. The first-order valence-corrected chi connectivity index (χ1v) is 12.6. The molecule has 0 saturated carbocycles. The molecule has 1 aliphatic heterocycles. The van der Waals surface area contributed by atoms with Crippen LogP contribution in [0.5, 0.6) is 11.5 Å². The summed E-state index contributed by atoms with van der Waals surface area (Å²) in [6.45, 7) is 6.81. The zero-order chi connectivity index (χ0) is 24.9. The van der Waals surface area contributed by atoms with Gasteiger partial charge in [0.2, 0.25) is 0 Å². The third-order valence-corrected chi connectivity index (χ3v) is 6.68. The molecule has 6 heteroatoms. The molecule has 1 atom stereocenters. The summed E-state index contributed by atoms with van der Waals surface area (Å²) in [7, 11) is 0. The summed E-state index contributed by atoms with van der Waals surface area (Å²) in [5.41, 5.74) is 4.38. The van der Waals surface area contributed by atoms with Crippen LogP contribution in [-0.4, -0.2) is 46.3 Å². The van der Waals surface area contributed by atoms with E-state index in [2.05, 4.69) is 29.6 Å². The highest BCUT2D eigenvalue weighted by molar-refractivity contribution is 6.01. The van der Waals surface area contributed by atoms with E-state index in [4.69, 9.17) is 9.84 Å². The van der Waals surface area contributed by atoms with Gasteiger partial charge in [0.1, 0.15) is 17.2 Å². The fourth-order valence-corrected chi connectivity index (χ4v) is 4.96. The van der Waals surface area contributed by atoms with E-state index in [9.17, 15) is 4.79 Å². The largest absolute Gasteiger partial charge is 0.457 e. The highest BCUT2D eigenvalue weighted by atomic mass is 16.5. The number of hydrogen-bond acceptors (Lipinski definition) is 4. The molecule has 6 nitrogen and oxygen atoms in total. The molecule has 3 aromatic carbocycles. The number of nitrogens with one attached hydrogen (secondary N) is 1. The third kappa shape index (κ3) is 4.90. The maximum atomic E-state index is 14.3. The predicted molar refractivity (Wildman–Crippen MR) is 142 cm³/mol. The molecular weight excluding hydrogens is 448 g/mol. The van der Waals surface area contributed by atoms with Gasteiger partial charge in [-0.15, -0.1) is 0 Å². The monoisotopic (exact) mass is 480 g/mol. The van der Waals surface area contributed by atoms with E-state index in [1.54, 1.807) is 0 Å². The van der Waals surface area contributed by atoms with Crippen molar-refractivity contribution >= 4 is 5.91 Å². The molecule has 0 bridgehead atoms. The van der Waals surface area contributed by atoms with Gasteiger partial charge in [-0.25, -0.2) is 0 Å². The molecule has 184 valence electrons. The van der Waals surface area contributed by atoms with Gasteiger partial charge in [0, 0.05) is 43.3 Å². The first kappa shape index (κ1) is 23.8. The van der Waals surface area contributed by atoms with Gasteiger partial charge in [-0.3, -0.25) is 9.48 Å². The Balaban J connectivity index is 1.54. The molecule has 5 rings (SSSR count). The summed E-state index contributed by atoms with van der Waals surface area (Å²) < 4.78 is 8.11. The Morgan fingerprint density at radius 2 is 1.69 bits per heavy atom. The van der Waals surface area contributed by atoms with Crippen molar-refractivity contribution in [1.29, 1.82) is 0 Å². The molecule has 4 aromatic rings. The number of benzene rings is 3. The zero-order valence-electron chi connectivity index (χ0n) is 20.9. The number of ether oxygens (including phenoxy) is 1. The number of aromatic nitrogens is 2. The molecule has 0 unspecified atom stereocenters. The smallest absolute Gasteiger partial charge is 0.273 e. The van der Waals surface area contributed by atoms with Crippen LogP contribution in [0.4, 0.5) is 0 Å². The summed E-state index contributed by atoms with van der Waals surface area (Å²) in [6.07, 6.45) is 0.807. The van der Waals surface area contributed by atoms with Crippen LogP contribution in [0, 0.1) is 6.92 Å². The molecule has 1 amide bonds. The number of para-hydroxylation sites is 2. The molecular formula is C30H32N4O2. The number of amides is 1. The van der Waals surface area contributed by atoms with Gasteiger partial charge >= 0.3 is 0 Å². The number of piperazine rings is 1. The average Bonchev–Trinajstić information content (AvgIpc) is 3.26. The lowest BCUT2D eigenvalue weighted by Gasteiger charge is -2.36. The van der Waals surface area contributed by atoms with E-state index in [0.717, 1.165) is 42.1 Å². The molecule has 0 aliphatic carbocycles. The van der Waals surface area contributed by atoms with Crippen LogP contribution >= 0.6 is 0 Å². The van der Waals surface area contributed by atoms with Crippen molar-refractivity contribution in [2.24, 2.45) is 0 Å². The van der Waals surface area contributed by atoms with Crippen LogP contribution in [0.3, 0.4) is 0 Å². The Morgan fingerprint density at radius 1 is 1.00 bits per heavy atom. The van der Waals surface area contributed by atoms with Crippen molar-refractivity contribution < 1.29 is 9.53 Å². The summed E-state index contributed by atoms with van der Waals surface area (Å²) >= 11 is 0. The van der Waals surface area contributed by atoms with Crippen LogP contribution in [-0.2, 0) is 13.0 Å². The lowest BCUT2D eigenvalue weighted by molar-refractivity contribution is 0.0624. The van der Waals surface area contributed by atoms with E-state index in [0.29, 0.717) is 24.5 Å². The van der Waals surface area contributed by atoms with Crippen molar-refractivity contribution in [2.45, 2.75) is 32.9 Å². The summed E-state index contributed by atoms with van der Waals surface area (Å²) in [5.74, 6) is 1.48. The SMILES string of the molecule is CCn1nc(C)c(-c2ccccc2Oc2ccccc2)c1C(=O)N1CCNC[C@H]1Cc1ccccc1. The lowest BCUT2D eigenvalue weighted by atomic mass is 9.99. The fraction of sp³-hybridized carbons (Fsp3) is 0.267. The second-order valence-electron chi connectivity index (χ2n) is 9.08. The quantitative estimate of drug-likeness (QED) is 0.389. The highest BCUT2D eigenvalue weighted by Crippen LogP contribution is 2.37. The molecule has 1 fully saturated rings. The Hall–Kier alpha value is -3.90. The number of aryl methyl sites for hydroxylation is 2. The summed E-state index contributed by atoms with van der Waals surface area (Å²) in [6, 6.07) is 28.1. The Morgan fingerprint density at radius 3 is 2.44 bits per heavy atom. The van der Waals surface area contributed by atoms with Crippen molar-refractivity contribution in [3.8, 4) is 22.6 Å².